The number of aromatic nitrogens is 1. The summed E-state index contributed by atoms with van der Waals surface area (Å²) >= 11 is 0. The first-order valence-electron chi connectivity index (χ1n) is 6.49. The second-order valence-corrected chi connectivity index (χ2v) is 5.42. The largest absolute Gasteiger partial charge is 0.261 e. The Balaban J connectivity index is 3.53. The van der Waals surface area contributed by atoms with Crippen LogP contribution in [0, 0.1) is 6.92 Å². The van der Waals surface area contributed by atoms with Crippen molar-refractivity contribution in [2.75, 3.05) is 0 Å². The fourth-order valence-electron chi connectivity index (χ4n) is 2.18. The normalized spacial score (nSPS) is 10.4. The molecule has 0 atom stereocenters. The number of pyridine rings is 1. The van der Waals surface area contributed by atoms with Crippen LogP contribution in [0.25, 0.3) is 5.70 Å². The Kier molecular flexibility index (Phi) is 4.83. The number of aryl methyl sites for hydroxylation is 1. The zero-order valence-corrected chi connectivity index (χ0v) is 12.6. The molecule has 0 N–H and O–H groups in total. The van der Waals surface area contributed by atoms with Gasteiger partial charge >= 0.3 is 0 Å². The lowest BCUT2D eigenvalue weighted by Crippen LogP contribution is -2.02. The molecule has 0 spiro atoms. The second kappa shape index (κ2) is 5.94. The van der Waals surface area contributed by atoms with Crippen LogP contribution in [0.1, 0.15) is 64.3 Å². The Hall–Kier alpha value is -1.44. The topological polar surface area (TPSA) is 25.2 Å². The van der Waals surface area contributed by atoms with Crippen molar-refractivity contribution in [2.24, 2.45) is 4.99 Å². The summed E-state index contributed by atoms with van der Waals surface area (Å²) in [6.45, 7) is 14.8. The summed E-state index contributed by atoms with van der Waals surface area (Å²) in [6.07, 6.45) is 1.88. The molecule has 0 aliphatic carbocycles. The van der Waals surface area contributed by atoms with Gasteiger partial charge < -0.3 is 0 Å². The van der Waals surface area contributed by atoms with E-state index in [-0.39, 0.29) is 0 Å². The van der Waals surface area contributed by atoms with Crippen molar-refractivity contribution in [3.8, 4) is 0 Å². The van der Waals surface area contributed by atoms with Gasteiger partial charge in [0.05, 0.1) is 5.70 Å². The Morgan fingerprint density at radius 2 is 1.78 bits per heavy atom. The summed E-state index contributed by atoms with van der Waals surface area (Å²) in [7, 11) is 0. The third-order valence-corrected chi connectivity index (χ3v) is 2.83. The van der Waals surface area contributed by atoms with Gasteiger partial charge in [0, 0.05) is 23.2 Å². The molecule has 0 aliphatic rings. The predicted octanol–water partition coefficient (Wildman–Crippen LogP) is 4.75. The van der Waals surface area contributed by atoms with Crippen LogP contribution in [-0.4, -0.2) is 10.7 Å². The fourth-order valence-corrected chi connectivity index (χ4v) is 2.18. The molecule has 1 aromatic rings. The number of hydrogen-bond acceptors (Lipinski definition) is 2. The van der Waals surface area contributed by atoms with Crippen LogP contribution in [0.5, 0.6) is 0 Å². The fraction of sp³-hybridized carbons (Fsp3) is 0.500. The lowest BCUT2D eigenvalue weighted by Gasteiger charge is -2.16. The molecule has 0 unspecified atom stereocenters. The Morgan fingerprint density at radius 1 is 1.17 bits per heavy atom. The van der Waals surface area contributed by atoms with Gasteiger partial charge in [0.1, 0.15) is 0 Å². The van der Waals surface area contributed by atoms with Crippen LogP contribution in [0.3, 0.4) is 0 Å². The standard InChI is InChI=1S/C16H24N2/c1-10(2)15-13(7)17-9-8-14(15)16(11(3)4)18-12(5)6/h8-10H,1-7H3. The van der Waals surface area contributed by atoms with E-state index in [0.29, 0.717) is 5.92 Å². The van der Waals surface area contributed by atoms with E-state index >= 15 is 0 Å². The van der Waals surface area contributed by atoms with E-state index in [1.54, 1.807) is 0 Å². The van der Waals surface area contributed by atoms with Crippen molar-refractivity contribution in [1.29, 1.82) is 0 Å². The highest BCUT2D eigenvalue weighted by atomic mass is 14.8. The third-order valence-electron chi connectivity index (χ3n) is 2.83. The average Bonchev–Trinajstić information content (AvgIpc) is 2.24. The molecule has 0 bridgehead atoms. The molecule has 1 heterocycles. The molecule has 0 aromatic carbocycles. The highest BCUT2D eigenvalue weighted by Crippen LogP contribution is 2.30. The second-order valence-electron chi connectivity index (χ2n) is 5.42. The van der Waals surface area contributed by atoms with Crippen molar-refractivity contribution >= 4 is 11.4 Å². The molecule has 2 heteroatoms. The quantitative estimate of drug-likeness (QED) is 0.705. The maximum absolute atomic E-state index is 4.70. The Labute approximate surface area is 111 Å². The first kappa shape index (κ1) is 14.6. The number of aliphatic imine (C=N–C) groups is 1. The zero-order chi connectivity index (χ0) is 13.9. The van der Waals surface area contributed by atoms with Gasteiger partial charge in [-0.3, -0.25) is 9.98 Å². The van der Waals surface area contributed by atoms with Gasteiger partial charge in [0.25, 0.3) is 0 Å². The summed E-state index contributed by atoms with van der Waals surface area (Å²) in [5.74, 6) is 0.454. The van der Waals surface area contributed by atoms with Crippen LogP contribution in [0.2, 0.25) is 0 Å². The van der Waals surface area contributed by atoms with Crippen LogP contribution >= 0.6 is 0 Å². The van der Waals surface area contributed by atoms with E-state index in [1.807, 2.05) is 20.0 Å². The van der Waals surface area contributed by atoms with Crippen molar-refractivity contribution in [3.63, 3.8) is 0 Å². The maximum Gasteiger partial charge on any atom is 0.0691 e. The predicted molar refractivity (Wildman–Crippen MR) is 80.1 cm³/mol. The molecule has 0 amide bonds. The molecule has 0 saturated carbocycles. The van der Waals surface area contributed by atoms with Gasteiger partial charge in [-0.05, 0) is 52.2 Å². The number of hydrogen-bond donors (Lipinski definition) is 0. The zero-order valence-electron chi connectivity index (χ0n) is 12.6. The van der Waals surface area contributed by atoms with Gasteiger partial charge in [-0.15, -0.1) is 0 Å². The summed E-state index contributed by atoms with van der Waals surface area (Å²) in [5.41, 5.74) is 7.03. The molecule has 98 valence electrons. The van der Waals surface area contributed by atoms with Gasteiger partial charge in [-0.2, -0.15) is 0 Å². The van der Waals surface area contributed by atoms with Crippen LogP contribution in [0.15, 0.2) is 22.8 Å². The molecule has 0 aliphatic heterocycles. The molecular weight excluding hydrogens is 220 g/mol. The van der Waals surface area contributed by atoms with E-state index < -0.39 is 0 Å². The van der Waals surface area contributed by atoms with Crippen molar-refractivity contribution in [2.45, 2.75) is 54.4 Å². The lowest BCUT2D eigenvalue weighted by molar-refractivity contribution is 0.837. The van der Waals surface area contributed by atoms with Crippen molar-refractivity contribution < 1.29 is 0 Å². The van der Waals surface area contributed by atoms with Crippen LogP contribution in [-0.2, 0) is 0 Å². The molecule has 0 saturated heterocycles. The first-order valence-corrected chi connectivity index (χ1v) is 6.49. The van der Waals surface area contributed by atoms with Crippen molar-refractivity contribution in [3.05, 3.63) is 34.7 Å². The molecular formula is C16H24N2. The molecule has 1 rings (SSSR count). The highest BCUT2D eigenvalue weighted by Gasteiger charge is 2.14. The minimum atomic E-state index is 0.454. The number of nitrogens with zero attached hydrogens (tertiary/aromatic N) is 2. The molecule has 2 nitrogen and oxygen atoms in total. The van der Waals surface area contributed by atoms with E-state index in [0.717, 1.165) is 17.1 Å². The minimum absolute atomic E-state index is 0.454. The van der Waals surface area contributed by atoms with E-state index in [9.17, 15) is 0 Å². The van der Waals surface area contributed by atoms with E-state index in [1.165, 1.54) is 16.7 Å². The smallest absolute Gasteiger partial charge is 0.0691 e. The van der Waals surface area contributed by atoms with Gasteiger partial charge in [-0.1, -0.05) is 19.4 Å². The van der Waals surface area contributed by atoms with Gasteiger partial charge in [0.15, 0.2) is 0 Å². The lowest BCUT2D eigenvalue weighted by atomic mass is 9.93. The SMILES string of the molecule is CC(C)=NC(=C(C)C)c1ccnc(C)c1C(C)C. The molecule has 1 aromatic heterocycles. The monoisotopic (exact) mass is 244 g/mol. The average molecular weight is 244 g/mol. The number of allylic oxidation sites excluding steroid dienone is 1. The first-order chi connectivity index (χ1) is 8.34. The summed E-state index contributed by atoms with van der Waals surface area (Å²) in [6, 6.07) is 2.08. The van der Waals surface area contributed by atoms with Crippen LogP contribution < -0.4 is 0 Å². The van der Waals surface area contributed by atoms with Crippen molar-refractivity contribution in [1.82, 2.24) is 4.98 Å². The summed E-state index contributed by atoms with van der Waals surface area (Å²) in [4.78, 5) is 9.11. The van der Waals surface area contributed by atoms with Gasteiger partial charge in [-0.25, -0.2) is 0 Å². The number of rotatable bonds is 3. The van der Waals surface area contributed by atoms with E-state index in [4.69, 9.17) is 4.99 Å². The molecule has 18 heavy (non-hydrogen) atoms. The maximum atomic E-state index is 4.70. The van der Waals surface area contributed by atoms with Gasteiger partial charge in [0.2, 0.25) is 0 Å². The molecule has 0 fully saturated rings. The third kappa shape index (κ3) is 3.28. The van der Waals surface area contributed by atoms with E-state index in [2.05, 4.69) is 45.7 Å². The summed E-state index contributed by atoms with van der Waals surface area (Å²) < 4.78 is 0. The van der Waals surface area contributed by atoms with Crippen LogP contribution in [0.4, 0.5) is 0 Å². The highest BCUT2D eigenvalue weighted by molar-refractivity contribution is 5.87. The Bertz CT molecular complexity index is 486. The minimum Gasteiger partial charge on any atom is -0.261 e. The summed E-state index contributed by atoms with van der Waals surface area (Å²) in [5, 5.41) is 0. The Morgan fingerprint density at radius 3 is 2.22 bits per heavy atom. The molecule has 0 radical (unpaired) electrons.